The molecule has 9 nitrogen and oxygen atoms in total. The normalized spacial score (nSPS) is 20.1. The summed E-state index contributed by atoms with van der Waals surface area (Å²) in [5, 5.41) is 14.8. The molecule has 1 saturated heterocycles. The number of aliphatic hydroxyl groups excluding tert-OH is 1. The van der Waals surface area contributed by atoms with Gasteiger partial charge in [-0.1, -0.05) is 12.1 Å². The number of carbonyl (C=O) groups excluding carboxylic acids is 3. The van der Waals surface area contributed by atoms with Crippen LogP contribution in [0.5, 0.6) is 5.75 Å². The highest BCUT2D eigenvalue weighted by atomic mass is 19.3. The molecule has 0 radical (unpaired) electrons. The van der Waals surface area contributed by atoms with Crippen molar-refractivity contribution in [3.05, 3.63) is 58.9 Å². The van der Waals surface area contributed by atoms with Crippen molar-refractivity contribution in [2.24, 2.45) is 0 Å². The van der Waals surface area contributed by atoms with E-state index in [2.05, 4.69) is 15.6 Å². The number of aromatic nitrogens is 1. The van der Waals surface area contributed by atoms with Crippen LogP contribution in [0.1, 0.15) is 46.9 Å². The predicted molar refractivity (Wildman–Crippen MR) is 115 cm³/mol. The number of fused-ring (bicyclic) bond motifs is 1. The number of benzene rings is 1. The van der Waals surface area contributed by atoms with E-state index in [1.165, 1.54) is 17.0 Å². The number of aliphatic hydroxyl groups is 1. The average Bonchev–Trinajstić information content (AvgIpc) is 3.13. The molecule has 3 heterocycles. The maximum Gasteiger partial charge on any atom is 0.369 e. The van der Waals surface area contributed by atoms with Crippen molar-refractivity contribution >= 4 is 17.7 Å². The second-order valence-electron chi connectivity index (χ2n) is 8.08. The van der Waals surface area contributed by atoms with Gasteiger partial charge in [-0.3, -0.25) is 19.4 Å². The number of piperidine rings is 1. The van der Waals surface area contributed by atoms with E-state index in [-0.39, 0.29) is 43.7 Å². The lowest BCUT2D eigenvalue weighted by Crippen LogP contribution is -2.55. The van der Waals surface area contributed by atoms with Gasteiger partial charge in [-0.25, -0.2) is 0 Å². The van der Waals surface area contributed by atoms with Gasteiger partial charge >= 0.3 is 5.92 Å². The van der Waals surface area contributed by atoms with Crippen LogP contribution in [0.4, 0.5) is 8.78 Å². The Kier molecular flexibility index (Phi) is 6.47. The molecule has 0 aliphatic carbocycles. The summed E-state index contributed by atoms with van der Waals surface area (Å²) < 4.78 is 34.7. The minimum Gasteiger partial charge on any atom is -0.492 e. The van der Waals surface area contributed by atoms with Crippen LogP contribution in [0.2, 0.25) is 0 Å². The fourth-order valence-electron chi connectivity index (χ4n) is 4.17. The Hall–Kier alpha value is -3.60. The second-order valence-corrected chi connectivity index (χ2v) is 8.08. The largest absolute Gasteiger partial charge is 0.492 e. The number of nitrogens with zero attached hydrogens (tertiary/aromatic N) is 2. The second kappa shape index (κ2) is 9.34. The molecule has 3 amide bonds. The first-order chi connectivity index (χ1) is 16.2. The number of alkyl halides is 2. The lowest BCUT2D eigenvalue weighted by atomic mass is 10.0. The number of hydrogen-bond donors (Lipinski definition) is 3. The zero-order valence-corrected chi connectivity index (χ0v) is 18.4. The molecular weight excluding hydrogens is 450 g/mol. The molecule has 0 bridgehead atoms. The number of ether oxygens (including phenoxy) is 1. The molecule has 0 saturated carbocycles. The van der Waals surface area contributed by atoms with Crippen LogP contribution in [0.15, 0.2) is 36.5 Å². The standard InChI is InChI=1S/C23H24F2N4O5/c1-2-34-17-4-3-9-26-19(17)23(24,25)22(33)27-11-13-5-6-15-14(10-13)12-29(21(15)32)16-7-8-18(30)28-20(16)31/h3-6,9-10,16,20,31H,2,7-8,11-12H2,1H3,(H,27,33)(H,28,30). The molecule has 2 aliphatic rings. The number of nitrogens with one attached hydrogen (secondary N) is 2. The molecule has 34 heavy (non-hydrogen) atoms. The van der Waals surface area contributed by atoms with E-state index in [0.717, 1.165) is 6.20 Å². The highest BCUT2D eigenvalue weighted by Crippen LogP contribution is 2.34. The topological polar surface area (TPSA) is 121 Å². The van der Waals surface area contributed by atoms with Crippen molar-refractivity contribution in [1.82, 2.24) is 20.5 Å². The fraction of sp³-hybridized carbons (Fsp3) is 0.391. The molecule has 1 aromatic carbocycles. The summed E-state index contributed by atoms with van der Waals surface area (Å²) in [5.74, 6) is -6.15. The quantitative estimate of drug-likeness (QED) is 0.559. The minimum atomic E-state index is -3.91. The summed E-state index contributed by atoms with van der Waals surface area (Å²) >= 11 is 0. The van der Waals surface area contributed by atoms with Crippen molar-refractivity contribution in [3.63, 3.8) is 0 Å². The maximum atomic E-state index is 14.8. The molecule has 11 heteroatoms. The van der Waals surface area contributed by atoms with E-state index in [4.69, 9.17) is 4.74 Å². The predicted octanol–water partition coefficient (Wildman–Crippen LogP) is 1.44. The first kappa shape index (κ1) is 23.6. The van der Waals surface area contributed by atoms with E-state index in [1.54, 1.807) is 25.1 Å². The third-order valence-corrected chi connectivity index (χ3v) is 5.85. The Morgan fingerprint density at radius 2 is 2.15 bits per heavy atom. The van der Waals surface area contributed by atoms with E-state index < -0.39 is 29.8 Å². The molecule has 1 fully saturated rings. The number of carbonyl (C=O) groups is 3. The van der Waals surface area contributed by atoms with Gasteiger partial charge in [0.05, 0.1) is 12.6 Å². The summed E-state index contributed by atoms with van der Waals surface area (Å²) in [6.07, 6.45) is 0.543. The minimum absolute atomic E-state index is 0.144. The Morgan fingerprint density at radius 1 is 1.35 bits per heavy atom. The van der Waals surface area contributed by atoms with Gasteiger partial charge < -0.3 is 25.4 Å². The van der Waals surface area contributed by atoms with Crippen LogP contribution >= 0.6 is 0 Å². The summed E-state index contributed by atoms with van der Waals surface area (Å²) in [6.45, 7) is 1.80. The molecule has 4 rings (SSSR count). The number of rotatable bonds is 7. The zero-order valence-electron chi connectivity index (χ0n) is 18.4. The van der Waals surface area contributed by atoms with Crippen LogP contribution in [0.25, 0.3) is 0 Å². The van der Waals surface area contributed by atoms with E-state index >= 15 is 0 Å². The van der Waals surface area contributed by atoms with Crippen molar-refractivity contribution in [1.29, 1.82) is 0 Å². The van der Waals surface area contributed by atoms with E-state index in [1.807, 2.05) is 0 Å². The van der Waals surface area contributed by atoms with Crippen LogP contribution in [-0.4, -0.2) is 51.6 Å². The van der Waals surface area contributed by atoms with Gasteiger partial charge in [0, 0.05) is 31.3 Å². The average molecular weight is 474 g/mol. The monoisotopic (exact) mass is 474 g/mol. The highest BCUT2D eigenvalue weighted by molar-refractivity contribution is 5.98. The van der Waals surface area contributed by atoms with Gasteiger partial charge in [0.15, 0.2) is 5.69 Å². The molecule has 180 valence electrons. The van der Waals surface area contributed by atoms with Crippen LogP contribution in [-0.2, 0) is 28.6 Å². The Morgan fingerprint density at radius 3 is 2.88 bits per heavy atom. The lowest BCUT2D eigenvalue weighted by Gasteiger charge is -2.35. The van der Waals surface area contributed by atoms with E-state index in [9.17, 15) is 28.3 Å². The summed E-state index contributed by atoms with van der Waals surface area (Å²) in [7, 11) is 0. The Balaban J connectivity index is 1.44. The Labute approximate surface area is 194 Å². The summed E-state index contributed by atoms with van der Waals surface area (Å²) in [5.41, 5.74) is 0.846. The molecule has 2 aromatic rings. The summed E-state index contributed by atoms with van der Waals surface area (Å²) in [4.78, 5) is 41.7. The maximum absolute atomic E-state index is 14.8. The number of halogens is 2. The van der Waals surface area contributed by atoms with Crippen LogP contribution in [0.3, 0.4) is 0 Å². The molecule has 2 aliphatic heterocycles. The smallest absolute Gasteiger partial charge is 0.369 e. The van der Waals surface area contributed by atoms with Gasteiger partial charge in [-0.15, -0.1) is 0 Å². The molecule has 0 spiro atoms. The van der Waals surface area contributed by atoms with Crippen LogP contribution < -0.4 is 15.4 Å². The van der Waals surface area contributed by atoms with Gasteiger partial charge in [0.2, 0.25) is 5.91 Å². The zero-order chi connectivity index (χ0) is 24.5. The van der Waals surface area contributed by atoms with Gasteiger partial charge in [-0.05, 0) is 42.7 Å². The third kappa shape index (κ3) is 4.43. The highest BCUT2D eigenvalue weighted by Gasteiger charge is 2.45. The SMILES string of the molecule is CCOc1cccnc1C(F)(F)C(=O)NCc1ccc2c(c1)CN(C1CCC(=O)NC1O)C2=O. The van der Waals surface area contributed by atoms with Crippen molar-refractivity contribution in [2.75, 3.05) is 6.61 Å². The molecule has 2 unspecified atom stereocenters. The molecule has 3 N–H and O–H groups in total. The van der Waals surface area contributed by atoms with Crippen molar-refractivity contribution < 1.29 is 33.0 Å². The van der Waals surface area contributed by atoms with Gasteiger partial charge in [-0.2, -0.15) is 8.78 Å². The Bertz CT molecular complexity index is 1130. The fourth-order valence-corrected chi connectivity index (χ4v) is 4.17. The van der Waals surface area contributed by atoms with Crippen molar-refractivity contribution in [2.45, 2.75) is 51.0 Å². The molecule has 2 atom stereocenters. The summed E-state index contributed by atoms with van der Waals surface area (Å²) in [6, 6.07) is 7.01. The first-order valence-corrected chi connectivity index (χ1v) is 10.9. The van der Waals surface area contributed by atoms with Crippen molar-refractivity contribution in [3.8, 4) is 5.75 Å². The van der Waals surface area contributed by atoms with Gasteiger partial charge in [0.1, 0.15) is 12.0 Å². The molecular formula is C23H24F2N4O5. The van der Waals surface area contributed by atoms with Gasteiger partial charge in [0.25, 0.3) is 11.8 Å². The van der Waals surface area contributed by atoms with E-state index in [0.29, 0.717) is 23.1 Å². The first-order valence-electron chi connectivity index (χ1n) is 10.9. The lowest BCUT2D eigenvalue weighted by molar-refractivity contribution is -0.148. The van der Waals surface area contributed by atoms with Crippen LogP contribution in [0, 0.1) is 0 Å². The molecule has 1 aromatic heterocycles. The third-order valence-electron chi connectivity index (χ3n) is 5.85. The number of amides is 3. The number of pyridine rings is 1. The number of hydrogen-bond acceptors (Lipinski definition) is 6.